The monoisotopic (exact) mass is 240 g/mol. The molecule has 0 amide bonds. The van der Waals surface area contributed by atoms with E-state index >= 15 is 0 Å². The summed E-state index contributed by atoms with van der Waals surface area (Å²) in [6.07, 6.45) is 0. The van der Waals surface area contributed by atoms with Crippen molar-refractivity contribution >= 4 is 9.84 Å². The van der Waals surface area contributed by atoms with Gasteiger partial charge in [-0.3, -0.25) is 0 Å². The van der Waals surface area contributed by atoms with Crippen molar-refractivity contribution in [3.63, 3.8) is 0 Å². The van der Waals surface area contributed by atoms with Gasteiger partial charge in [0.1, 0.15) is 0 Å². The summed E-state index contributed by atoms with van der Waals surface area (Å²) in [5, 5.41) is 0. The van der Waals surface area contributed by atoms with E-state index in [1.165, 1.54) is 0 Å². The number of ether oxygens (including phenoxy) is 1. The van der Waals surface area contributed by atoms with Gasteiger partial charge in [-0.2, -0.15) is 0 Å². The van der Waals surface area contributed by atoms with Crippen LogP contribution in [0.4, 0.5) is 0 Å². The third-order valence-electron chi connectivity index (χ3n) is 2.83. The Labute approximate surface area is 96.4 Å². The van der Waals surface area contributed by atoms with Crippen molar-refractivity contribution in [1.29, 1.82) is 0 Å². The van der Waals surface area contributed by atoms with Crippen molar-refractivity contribution in [3.05, 3.63) is 29.3 Å². The van der Waals surface area contributed by atoms with Crippen LogP contribution >= 0.6 is 0 Å². The maximum Gasteiger partial charge on any atom is 0.179 e. The molecule has 1 aliphatic heterocycles. The molecule has 0 N–H and O–H groups in total. The SMILES string of the molecule is Cc1ccc(S(=O)(=O)CC2COC2)c(C)c1. The molecule has 1 aliphatic rings. The Morgan fingerprint density at radius 3 is 2.50 bits per heavy atom. The summed E-state index contributed by atoms with van der Waals surface area (Å²) in [7, 11) is -3.15. The smallest absolute Gasteiger partial charge is 0.179 e. The lowest BCUT2D eigenvalue weighted by Gasteiger charge is -2.25. The highest BCUT2D eigenvalue weighted by atomic mass is 32.2. The molecule has 2 rings (SSSR count). The molecule has 88 valence electrons. The van der Waals surface area contributed by atoms with Crippen LogP contribution in [0.3, 0.4) is 0 Å². The minimum Gasteiger partial charge on any atom is -0.381 e. The summed E-state index contributed by atoms with van der Waals surface area (Å²) in [5.41, 5.74) is 1.92. The van der Waals surface area contributed by atoms with Crippen LogP contribution in [0.25, 0.3) is 0 Å². The van der Waals surface area contributed by atoms with E-state index in [0.717, 1.165) is 11.1 Å². The second-order valence-electron chi connectivity index (χ2n) is 4.45. The first-order valence-corrected chi connectivity index (χ1v) is 7.02. The van der Waals surface area contributed by atoms with E-state index in [1.54, 1.807) is 6.07 Å². The van der Waals surface area contributed by atoms with Crippen LogP contribution in [0.15, 0.2) is 23.1 Å². The fourth-order valence-electron chi connectivity index (χ4n) is 1.93. The van der Waals surface area contributed by atoms with Crippen molar-refractivity contribution in [3.8, 4) is 0 Å². The number of aryl methyl sites for hydroxylation is 2. The first-order valence-electron chi connectivity index (χ1n) is 5.37. The standard InChI is InChI=1S/C12H16O3S/c1-9-3-4-12(10(2)5-9)16(13,14)8-11-6-15-7-11/h3-5,11H,6-8H2,1-2H3. The van der Waals surface area contributed by atoms with E-state index in [-0.39, 0.29) is 11.7 Å². The fourth-order valence-corrected chi connectivity index (χ4v) is 3.75. The maximum absolute atomic E-state index is 12.1. The van der Waals surface area contributed by atoms with Crippen molar-refractivity contribution in [2.45, 2.75) is 18.7 Å². The molecule has 3 nitrogen and oxygen atoms in total. The topological polar surface area (TPSA) is 43.4 Å². The lowest BCUT2D eigenvalue weighted by atomic mass is 10.1. The lowest BCUT2D eigenvalue weighted by molar-refractivity contribution is -0.0204. The number of hydrogen-bond donors (Lipinski definition) is 0. The highest BCUT2D eigenvalue weighted by Crippen LogP contribution is 2.22. The summed E-state index contributed by atoms with van der Waals surface area (Å²) in [6, 6.07) is 5.46. The van der Waals surface area contributed by atoms with Gasteiger partial charge >= 0.3 is 0 Å². The second kappa shape index (κ2) is 4.18. The van der Waals surface area contributed by atoms with Crippen LogP contribution in [0, 0.1) is 19.8 Å². The quantitative estimate of drug-likeness (QED) is 0.808. The minimum absolute atomic E-state index is 0.172. The zero-order valence-electron chi connectivity index (χ0n) is 9.56. The Kier molecular flexibility index (Phi) is 3.04. The van der Waals surface area contributed by atoms with Crippen LogP contribution in [-0.4, -0.2) is 27.4 Å². The molecule has 0 unspecified atom stereocenters. The summed E-state index contributed by atoms with van der Waals surface area (Å²) in [4.78, 5) is 0.463. The second-order valence-corrected chi connectivity index (χ2v) is 6.46. The van der Waals surface area contributed by atoms with Gasteiger partial charge in [-0.15, -0.1) is 0 Å². The molecule has 1 aromatic rings. The molecule has 0 bridgehead atoms. The zero-order chi connectivity index (χ0) is 11.8. The molecule has 4 heteroatoms. The van der Waals surface area contributed by atoms with Crippen molar-refractivity contribution in [2.24, 2.45) is 5.92 Å². The Morgan fingerprint density at radius 2 is 2.00 bits per heavy atom. The Bertz CT molecular complexity index is 487. The van der Waals surface area contributed by atoms with E-state index in [4.69, 9.17) is 4.74 Å². The first kappa shape index (κ1) is 11.6. The van der Waals surface area contributed by atoms with Gasteiger partial charge < -0.3 is 4.74 Å². The van der Waals surface area contributed by atoms with Crippen LogP contribution in [0.5, 0.6) is 0 Å². The Morgan fingerprint density at radius 1 is 1.31 bits per heavy atom. The van der Waals surface area contributed by atoms with E-state index < -0.39 is 9.84 Å². The largest absolute Gasteiger partial charge is 0.381 e. The normalized spacial score (nSPS) is 17.1. The van der Waals surface area contributed by atoms with Gasteiger partial charge in [0.25, 0.3) is 0 Å². The molecule has 0 atom stereocenters. The van der Waals surface area contributed by atoms with Crippen molar-refractivity contribution < 1.29 is 13.2 Å². The Balaban J connectivity index is 2.27. The van der Waals surface area contributed by atoms with Gasteiger partial charge in [-0.05, 0) is 25.5 Å². The van der Waals surface area contributed by atoms with Crippen molar-refractivity contribution in [2.75, 3.05) is 19.0 Å². The molecule has 1 aromatic carbocycles. The molecule has 1 saturated heterocycles. The zero-order valence-corrected chi connectivity index (χ0v) is 10.4. The molecule has 1 fully saturated rings. The van der Waals surface area contributed by atoms with E-state index in [0.29, 0.717) is 18.1 Å². The molecule has 0 aliphatic carbocycles. The summed E-state index contributed by atoms with van der Waals surface area (Å²) >= 11 is 0. The van der Waals surface area contributed by atoms with E-state index in [2.05, 4.69) is 0 Å². The highest BCUT2D eigenvalue weighted by molar-refractivity contribution is 7.91. The van der Waals surface area contributed by atoms with Gasteiger partial charge in [-0.25, -0.2) is 8.42 Å². The molecular formula is C12H16O3S. The average molecular weight is 240 g/mol. The summed E-state index contributed by atoms with van der Waals surface area (Å²) in [5.74, 6) is 0.377. The molecule has 16 heavy (non-hydrogen) atoms. The predicted octanol–water partition coefficient (Wildman–Crippen LogP) is 1.72. The number of sulfone groups is 1. The molecule has 0 aromatic heterocycles. The van der Waals surface area contributed by atoms with Gasteiger partial charge in [0.15, 0.2) is 9.84 Å². The van der Waals surface area contributed by atoms with Gasteiger partial charge in [0, 0.05) is 5.92 Å². The minimum atomic E-state index is -3.15. The third kappa shape index (κ3) is 2.28. The van der Waals surface area contributed by atoms with E-state index in [1.807, 2.05) is 26.0 Å². The average Bonchev–Trinajstić information content (AvgIpc) is 2.11. The fraction of sp³-hybridized carbons (Fsp3) is 0.500. The molecular weight excluding hydrogens is 224 g/mol. The highest BCUT2D eigenvalue weighted by Gasteiger charge is 2.27. The van der Waals surface area contributed by atoms with E-state index in [9.17, 15) is 8.42 Å². The van der Waals surface area contributed by atoms with Gasteiger partial charge in [0.05, 0.1) is 23.9 Å². The van der Waals surface area contributed by atoms with Gasteiger partial charge in [0.2, 0.25) is 0 Å². The molecule has 0 saturated carbocycles. The van der Waals surface area contributed by atoms with Gasteiger partial charge in [-0.1, -0.05) is 17.7 Å². The summed E-state index contributed by atoms with van der Waals surface area (Å²) in [6.45, 7) is 4.95. The van der Waals surface area contributed by atoms with Crippen molar-refractivity contribution in [1.82, 2.24) is 0 Å². The number of benzene rings is 1. The maximum atomic E-state index is 12.1. The Hall–Kier alpha value is -0.870. The molecule has 1 heterocycles. The first-order chi connectivity index (χ1) is 7.49. The van der Waals surface area contributed by atoms with Crippen LogP contribution in [0.2, 0.25) is 0 Å². The predicted molar refractivity (Wildman–Crippen MR) is 62.3 cm³/mol. The molecule has 0 radical (unpaired) electrons. The number of hydrogen-bond acceptors (Lipinski definition) is 3. The third-order valence-corrected chi connectivity index (χ3v) is 4.87. The summed E-state index contributed by atoms with van der Waals surface area (Å²) < 4.78 is 29.2. The van der Waals surface area contributed by atoms with Crippen LogP contribution in [0.1, 0.15) is 11.1 Å². The van der Waals surface area contributed by atoms with Crippen LogP contribution in [-0.2, 0) is 14.6 Å². The van der Waals surface area contributed by atoms with Crippen LogP contribution < -0.4 is 0 Å². The number of rotatable bonds is 3. The lowest BCUT2D eigenvalue weighted by Crippen LogP contribution is -2.34. The molecule has 0 spiro atoms.